The molecule has 0 radical (unpaired) electrons. The Morgan fingerprint density at radius 2 is 2.16 bits per heavy atom. The highest BCUT2D eigenvalue weighted by Crippen LogP contribution is 2.18. The van der Waals surface area contributed by atoms with Crippen LogP contribution in [-0.2, 0) is 11.3 Å². The molecule has 0 bridgehead atoms. The van der Waals surface area contributed by atoms with Crippen molar-refractivity contribution in [1.29, 1.82) is 0 Å². The van der Waals surface area contributed by atoms with Gasteiger partial charge in [-0.15, -0.1) is 0 Å². The Balaban J connectivity index is 2.90. The maximum atomic E-state index is 13.9. The lowest BCUT2D eigenvalue weighted by Crippen LogP contribution is -2.35. The average molecular weight is 384 g/mol. The Kier molecular flexibility index (Phi) is 8.75. The van der Waals surface area contributed by atoms with E-state index < -0.39 is 17.5 Å². The van der Waals surface area contributed by atoms with Crippen molar-refractivity contribution < 1.29 is 13.9 Å². The van der Waals surface area contributed by atoms with Gasteiger partial charge in [0, 0.05) is 11.3 Å². The maximum absolute atomic E-state index is 13.9. The van der Waals surface area contributed by atoms with Gasteiger partial charge in [-0.3, -0.25) is 10.3 Å². The molecule has 1 aromatic carbocycles. The molecule has 0 spiro atoms. The molecule has 0 aromatic heterocycles. The molecule has 0 unspecified atom stereocenters. The Hall–Kier alpha value is -1.76. The predicted molar refractivity (Wildman–Crippen MR) is 104 cm³/mol. The van der Waals surface area contributed by atoms with E-state index in [2.05, 4.69) is 32.7 Å². The average Bonchev–Trinajstić information content (AvgIpc) is 2.51. The molecule has 8 heteroatoms. The van der Waals surface area contributed by atoms with Gasteiger partial charge in [-0.05, 0) is 57.6 Å². The molecule has 0 aliphatic heterocycles. The third-order valence-electron chi connectivity index (χ3n) is 2.65. The van der Waals surface area contributed by atoms with Crippen molar-refractivity contribution in [3.63, 3.8) is 0 Å². The highest BCUT2D eigenvalue weighted by molar-refractivity contribution is 8.13. The zero-order chi connectivity index (χ0) is 18.9. The number of alkyl carbamates (subject to hydrolysis) is 1. The first-order valence-electron chi connectivity index (χ1n) is 7.78. The van der Waals surface area contributed by atoms with Gasteiger partial charge >= 0.3 is 6.09 Å². The molecule has 0 aliphatic carbocycles. The zero-order valence-electron chi connectivity index (χ0n) is 14.8. The second-order valence-electron chi connectivity index (χ2n) is 6.08. The van der Waals surface area contributed by atoms with Crippen molar-refractivity contribution in [3.8, 4) is 0 Å². The maximum Gasteiger partial charge on any atom is 0.413 e. The summed E-state index contributed by atoms with van der Waals surface area (Å²) in [7, 11) is 0. The van der Waals surface area contributed by atoms with Gasteiger partial charge in [0.1, 0.15) is 11.4 Å². The number of amidine groups is 1. The van der Waals surface area contributed by atoms with Crippen molar-refractivity contribution in [3.05, 3.63) is 29.6 Å². The number of benzene rings is 1. The van der Waals surface area contributed by atoms with Crippen LogP contribution in [0.4, 0.5) is 14.9 Å². The third-order valence-corrected chi connectivity index (χ3v) is 3.86. The van der Waals surface area contributed by atoms with E-state index in [-0.39, 0.29) is 6.54 Å². The summed E-state index contributed by atoms with van der Waals surface area (Å²) in [5.41, 5.74) is 0.251. The normalized spacial score (nSPS) is 11.6. The molecule has 1 amide bonds. The van der Waals surface area contributed by atoms with Crippen LogP contribution in [0.5, 0.6) is 0 Å². The van der Waals surface area contributed by atoms with Crippen LogP contribution in [0.25, 0.3) is 0 Å². The lowest BCUT2D eigenvalue weighted by atomic mass is 10.2. The first-order chi connectivity index (χ1) is 11.7. The van der Waals surface area contributed by atoms with Gasteiger partial charge in [-0.25, -0.2) is 9.18 Å². The molecular weight excluding hydrogens is 361 g/mol. The fourth-order valence-corrected chi connectivity index (χ4v) is 2.49. The summed E-state index contributed by atoms with van der Waals surface area (Å²) in [5, 5.41) is 5.25. The van der Waals surface area contributed by atoms with Crippen LogP contribution in [0.15, 0.2) is 28.2 Å². The number of carbonyl (C=O) groups is 1. The summed E-state index contributed by atoms with van der Waals surface area (Å²) in [6, 6.07) is 4.36. The number of amides is 1. The van der Waals surface area contributed by atoms with E-state index in [0.717, 1.165) is 12.2 Å². The van der Waals surface area contributed by atoms with Crippen LogP contribution in [-0.4, -0.2) is 27.8 Å². The van der Waals surface area contributed by atoms with Gasteiger partial charge < -0.3 is 4.74 Å². The van der Waals surface area contributed by atoms with Crippen LogP contribution in [0.2, 0.25) is 0 Å². The number of hydrogen-bond donors (Lipinski definition) is 1. The summed E-state index contributed by atoms with van der Waals surface area (Å²) in [6.07, 6.45) is 0.321. The highest BCUT2D eigenvalue weighted by Gasteiger charge is 2.17. The number of thioether (sulfide) groups is 1. The number of nitrogens with zero attached hydrogens (tertiary/aromatic N) is 2. The molecule has 0 fully saturated rings. The van der Waals surface area contributed by atoms with E-state index in [1.54, 1.807) is 26.8 Å². The Labute approximate surface area is 157 Å². The van der Waals surface area contributed by atoms with E-state index in [1.165, 1.54) is 23.9 Å². The number of rotatable bonds is 5. The van der Waals surface area contributed by atoms with E-state index in [0.29, 0.717) is 16.4 Å². The lowest BCUT2D eigenvalue weighted by Gasteiger charge is -2.20. The van der Waals surface area contributed by atoms with Crippen LogP contribution in [0, 0.1) is 5.82 Å². The molecule has 0 saturated carbocycles. The number of hydrogen-bond acceptors (Lipinski definition) is 6. The Morgan fingerprint density at radius 1 is 1.44 bits per heavy atom. The molecular formula is C17H22FN3O2S2. The summed E-state index contributed by atoms with van der Waals surface area (Å²) in [5.74, 6) is 0.371. The molecule has 5 nitrogen and oxygen atoms in total. The van der Waals surface area contributed by atoms with Crippen LogP contribution in [0.3, 0.4) is 0 Å². The van der Waals surface area contributed by atoms with Crippen molar-refractivity contribution in [2.75, 3.05) is 5.75 Å². The van der Waals surface area contributed by atoms with Gasteiger partial charge in [0.05, 0.1) is 17.4 Å². The van der Waals surface area contributed by atoms with Gasteiger partial charge in [-0.2, -0.15) is 4.99 Å². The van der Waals surface area contributed by atoms with E-state index in [9.17, 15) is 9.18 Å². The van der Waals surface area contributed by atoms with Gasteiger partial charge in [0.15, 0.2) is 5.17 Å². The largest absolute Gasteiger partial charge is 0.444 e. The lowest BCUT2D eigenvalue weighted by molar-refractivity contribution is 0.0564. The topological polar surface area (TPSA) is 63.0 Å². The fourth-order valence-electron chi connectivity index (χ4n) is 1.67. The SMILES string of the molecule is CCCSC(=NCc1cc(N=C=S)ccc1F)NC(=O)OC(C)(C)C. The number of halogens is 1. The first-order valence-corrected chi connectivity index (χ1v) is 9.18. The third kappa shape index (κ3) is 8.77. The van der Waals surface area contributed by atoms with Gasteiger partial charge in [-0.1, -0.05) is 18.7 Å². The first kappa shape index (κ1) is 21.3. The number of thiocarbonyl (C=S) groups is 1. The van der Waals surface area contributed by atoms with Crippen LogP contribution in [0.1, 0.15) is 39.7 Å². The molecule has 0 aliphatic rings. The summed E-state index contributed by atoms with van der Waals surface area (Å²) < 4.78 is 19.1. The molecule has 136 valence electrons. The van der Waals surface area contributed by atoms with Gasteiger partial charge in [0.25, 0.3) is 0 Å². The van der Waals surface area contributed by atoms with Crippen molar-refractivity contribution >= 4 is 46.1 Å². The number of aliphatic imine (C=N–C) groups is 2. The number of carbonyl (C=O) groups excluding carboxylic acids is 1. The summed E-state index contributed by atoms with van der Waals surface area (Å²) in [4.78, 5) is 20.0. The highest BCUT2D eigenvalue weighted by atomic mass is 32.2. The van der Waals surface area contributed by atoms with Crippen LogP contribution >= 0.6 is 24.0 Å². The predicted octanol–water partition coefficient (Wildman–Crippen LogP) is 5.08. The quantitative estimate of drug-likeness (QED) is 0.437. The van der Waals surface area contributed by atoms with Crippen LogP contribution < -0.4 is 5.32 Å². The molecule has 25 heavy (non-hydrogen) atoms. The number of ether oxygens (including phenoxy) is 1. The standard InChI is InChI=1S/C17H22FN3O2S2/c1-5-8-25-15(21-16(22)23-17(2,3)4)19-10-12-9-13(20-11-24)6-7-14(12)18/h6-7,9H,5,8,10H2,1-4H3,(H,19,21,22). The minimum absolute atomic E-state index is 0.0640. The summed E-state index contributed by atoms with van der Waals surface area (Å²) in [6.45, 7) is 7.42. The second-order valence-corrected chi connectivity index (χ2v) is 7.34. The molecule has 0 saturated heterocycles. The zero-order valence-corrected chi connectivity index (χ0v) is 16.4. The van der Waals surface area contributed by atoms with E-state index in [1.807, 2.05) is 6.92 Å². The minimum Gasteiger partial charge on any atom is -0.444 e. The smallest absolute Gasteiger partial charge is 0.413 e. The Bertz CT molecular complexity index is 681. The Morgan fingerprint density at radius 3 is 2.76 bits per heavy atom. The monoisotopic (exact) mass is 383 g/mol. The van der Waals surface area contributed by atoms with E-state index >= 15 is 0 Å². The number of isothiocyanates is 1. The van der Waals surface area contributed by atoms with Gasteiger partial charge in [0.2, 0.25) is 0 Å². The second kappa shape index (κ2) is 10.3. The molecule has 1 rings (SSSR count). The van der Waals surface area contributed by atoms with E-state index in [4.69, 9.17) is 4.74 Å². The summed E-state index contributed by atoms with van der Waals surface area (Å²) >= 11 is 5.93. The van der Waals surface area contributed by atoms with Crippen molar-refractivity contribution in [2.24, 2.45) is 9.98 Å². The van der Waals surface area contributed by atoms with Crippen molar-refractivity contribution in [1.82, 2.24) is 5.32 Å². The molecule has 0 heterocycles. The molecule has 1 N–H and O–H groups in total. The molecule has 1 aromatic rings. The fraction of sp³-hybridized carbons (Fsp3) is 0.471. The molecule has 0 atom stereocenters. The number of nitrogens with one attached hydrogen (secondary N) is 1. The van der Waals surface area contributed by atoms with Crippen molar-refractivity contribution in [2.45, 2.75) is 46.3 Å². The minimum atomic E-state index is -0.607.